The quantitative estimate of drug-likeness (QED) is 0.746. The summed E-state index contributed by atoms with van der Waals surface area (Å²) < 4.78 is 0. The van der Waals surface area contributed by atoms with Crippen LogP contribution in [0, 0.1) is 0 Å². The Bertz CT molecular complexity index is 182. The third-order valence-electron chi connectivity index (χ3n) is 1.91. The molecule has 0 saturated carbocycles. The first kappa shape index (κ1) is 13.3. The topological polar surface area (TPSA) is 32.3 Å². The molecule has 0 unspecified atom stereocenters. The number of hydrogen-bond acceptors (Lipinski definition) is 1. The Kier molecular flexibility index (Phi) is 4.95. The summed E-state index contributed by atoms with van der Waals surface area (Å²) in [5, 5.41) is 2.92. The highest BCUT2D eigenvalue weighted by atomic mass is 16.2. The minimum atomic E-state index is -0.102. The van der Waals surface area contributed by atoms with Crippen LogP contribution in [0.5, 0.6) is 0 Å². The number of rotatable bonds is 3. The smallest absolute Gasteiger partial charge is 0.318 e. The normalized spacial score (nSPS) is 11.6. The molecule has 0 aliphatic heterocycles. The van der Waals surface area contributed by atoms with Crippen LogP contribution in [0.2, 0.25) is 0 Å². The maximum Gasteiger partial charge on any atom is 0.318 e. The maximum atomic E-state index is 11.8. The fourth-order valence-corrected chi connectivity index (χ4v) is 1.29. The SMILES string of the molecule is CCCN(C(=O)NC(C)C)C(C)(C)C. The van der Waals surface area contributed by atoms with Crippen LogP contribution < -0.4 is 5.32 Å². The molecule has 1 N–H and O–H groups in total. The first-order chi connectivity index (χ1) is 6.29. The van der Waals surface area contributed by atoms with Crippen molar-refractivity contribution in [2.24, 2.45) is 0 Å². The molecule has 3 nitrogen and oxygen atoms in total. The number of hydrogen-bond donors (Lipinski definition) is 1. The molecule has 0 rings (SSSR count). The average Bonchev–Trinajstić information content (AvgIpc) is 1.96. The minimum absolute atomic E-state index is 0.0364. The number of carbonyl (C=O) groups excluding carboxylic acids is 1. The number of nitrogens with zero attached hydrogens (tertiary/aromatic N) is 1. The molecular weight excluding hydrogens is 176 g/mol. The molecule has 0 atom stereocenters. The van der Waals surface area contributed by atoms with Gasteiger partial charge in [0.1, 0.15) is 0 Å². The van der Waals surface area contributed by atoms with Gasteiger partial charge in [-0.05, 0) is 41.0 Å². The average molecular weight is 200 g/mol. The molecule has 0 bridgehead atoms. The van der Waals surface area contributed by atoms with E-state index in [0.29, 0.717) is 0 Å². The van der Waals surface area contributed by atoms with Crippen LogP contribution in [-0.2, 0) is 0 Å². The fraction of sp³-hybridized carbons (Fsp3) is 0.909. The summed E-state index contributed by atoms with van der Waals surface area (Å²) in [5.74, 6) is 0. The Balaban J connectivity index is 4.42. The lowest BCUT2D eigenvalue weighted by Crippen LogP contribution is -2.52. The van der Waals surface area contributed by atoms with Gasteiger partial charge in [-0.1, -0.05) is 6.92 Å². The van der Waals surface area contributed by atoms with Gasteiger partial charge in [-0.25, -0.2) is 4.79 Å². The van der Waals surface area contributed by atoms with Gasteiger partial charge in [0.25, 0.3) is 0 Å². The lowest BCUT2D eigenvalue weighted by molar-refractivity contribution is 0.143. The van der Waals surface area contributed by atoms with Crippen LogP contribution in [0.15, 0.2) is 0 Å². The van der Waals surface area contributed by atoms with Gasteiger partial charge in [-0.2, -0.15) is 0 Å². The molecule has 0 aliphatic carbocycles. The van der Waals surface area contributed by atoms with Crippen LogP contribution in [0.3, 0.4) is 0 Å². The van der Waals surface area contributed by atoms with E-state index in [1.807, 2.05) is 18.7 Å². The van der Waals surface area contributed by atoms with E-state index in [-0.39, 0.29) is 17.6 Å². The van der Waals surface area contributed by atoms with Crippen molar-refractivity contribution in [2.45, 2.75) is 59.5 Å². The molecule has 0 aromatic carbocycles. The van der Waals surface area contributed by atoms with Crippen LogP contribution in [-0.4, -0.2) is 29.1 Å². The summed E-state index contributed by atoms with van der Waals surface area (Å²) in [6.07, 6.45) is 0.989. The molecule has 0 aliphatic rings. The van der Waals surface area contributed by atoms with E-state index in [1.54, 1.807) is 0 Å². The number of amides is 2. The zero-order valence-corrected chi connectivity index (χ0v) is 10.3. The largest absolute Gasteiger partial charge is 0.336 e. The molecular formula is C11H24N2O. The Hall–Kier alpha value is -0.730. The fourth-order valence-electron chi connectivity index (χ4n) is 1.29. The molecule has 0 radical (unpaired) electrons. The van der Waals surface area contributed by atoms with Crippen molar-refractivity contribution in [3.05, 3.63) is 0 Å². The van der Waals surface area contributed by atoms with Crippen LogP contribution in [0.4, 0.5) is 4.79 Å². The van der Waals surface area contributed by atoms with Crippen molar-refractivity contribution in [2.75, 3.05) is 6.54 Å². The van der Waals surface area contributed by atoms with E-state index in [9.17, 15) is 4.79 Å². The van der Waals surface area contributed by atoms with Crippen molar-refractivity contribution < 1.29 is 4.79 Å². The Morgan fingerprint density at radius 3 is 2.14 bits per heavy atom. The molecule has 0 spiro atoms. The standard InChI is InChI=1S/C11H24N2O/c1-7-8-13(11(4,5)6)10(14)12-9(2)3/h9H,7-8H2,1-6H3,(H,12,14). The number of carbonyl (C=O) groups is 1. The van der Waals surface area contributed by atoms with Crippen molar-refractivity contribution >= 4 is 6.03 Å². The van der Waals surface area contributed by atoms with E-state index < -0.39 is 0 Å². The Morgan fingerprint density at radius 2 is 1.86 bits per heavy atom. The Morgan fingerprint density at radius 1 is 1.36 bits per heavy atom. The first-order valence-corrected chi connectivity index (χ1v) is 5.37. The summed E-state index contributed by atoms with van der Waals surface area (Å²) in [7, 11) is 0. The van der Waals surface area contributed by atoms with Gasteiger partial charge < -0.3 is 10.2 Å². The monoisotopic (exact) mass is 200 g/mol. The zero-order chi connectivity index (χ0) is 11.4. The molecule has 84 valence electrons. The lowest BCUT2D eigenvalue weighted by Gasteiger charge is -2.36. The number of nitrogens with one attached hydrogen (secondary N) is 1. The molecule has 2 amide bonds. The zero-order valence-electron chi connectivity index (χ0n) is 10.3. The van der Waals surface area contributed by atoms with Gasteiger partial charge in [-0.15, -0.1) is 0 Å². The second-order valence-corrected chi connectivity index (χ2v) is 4.93. The van der Waals surface area contributed by atoms with Gasteiger partial charge in [-0.3, -0.25) is 0 Å². The molecule has 0 aromatic heterocycles. The van der Waals surface area contributed by atoms with Gasteiger partial charge in [0, 0.05) is 18.1 Å². The second-order valence-electron chi connectivity index (χ2n) is 4.93. The molecule has 0 fully saturated rings. The highest BCUT2D eigenvalue weighted by Crippen LogP contribution is 2.13. The van der Waals surface area contributed by atoms with E-state index in [2.05, 4.69) is 33.0 Å². The predicted molar refractivity (Wildman–Crippen MR) is 60.4 cm³/mol. The van der Waals surface area contributed by atoms with Crippen molar-refractivity contribution in [1.82, 2.24) is 10.2 Å². The molecule has 0 aromatic rings. The van der Waals surface area contributed by atoms with Crippen LogP contribution in [0.25, 0.3) is 0 Å². The van der Waals surface area contributed by atoms with Crippen molar-refractivity contribution in [3.8, 4) is 0 Å². The summed E-state index contributed by atoms with van der Waals surface area (Å²) in [4.78, 5) is 13.7. The van der Waals surface area contributed by atoms with Gasteiger partial charge in [0.2, 0.25) is 0 Å². The molecule has 3 heteroatoms. The van der Waals surface area contributed by atoms with Crippen LogP contribution in [0.1, 0.15) is 48.0 Å². The van der Waals surface area contributed by atoms with E-state index in [1.165, 1.54) is 0 Å². The lowest BCUT2D eigenvalue weighted by atomic mass is 10.1. The highest BCUT2D eigenvalue weighted by molar-refractivity contribution is 5.75. The minimum Gasteiger partial charge on any atom is -0.336 e. The van der Waals surface area contributed by atoms with Gasteiger partial charge in [0.15, 0.2) is 0 Å². The van der Waals surface area contributed by atoms with Gasteiger partial charge in [0.05, 0.1) is 0 Å². The third-order valence-corrected chi connectivity index (χ3v) is 1.91. The van der Waals surface area contributed by atoms with Crippen molar-refractivity contribution in [3.63, 3.8) is 0 Å². The molecule has 0 heterocycles. The van der Waals surface area contributed by atoms with Crippen molar-refractivity contribution in [1.29, 1.82) is 0 Å². The third kappa shape index (κ3) is 4.49. The highest BCUT2D eigenvalue weighted by Gasteiger charge is 2.25. The van der Waals surface area contributed by atoms with E-state index in [0.717, 1.165) is 13.0 Å². The van der Waals surface area contributed by atoms with Crippen LogP contribution >= 0.6 is 0 Å². The first-order valence-electron chi connectivity index (χ1n) is 5.37. The summed E-state index contributed by atoms with van der Waals surface area (Å²) in [6.45, 7) is 13.0. The predicted octanol–water partition coefficient (Wildman–Crippen LogP) is 2.61. The molecule has 0 saturated heterocycles. The van der Waals surface area contributed by atoms with E-state index in [4.69, 9.17) is 0 Å². The molecule has 14 heavy (non-hydrogen) atoms. The summed E-state index contributed by atoms with van der Waals surface area (Å²) in [6, 6.07) is 0.235. The summed E-state index contributed by atoms with van der Waals surface area (Å²) >= 11 is 0. The maximum absolute atomic E-state index is 11.8. The van der Waals surface area contributed by atoms with Gasteiger partial charge >= 0.3 is 6.03 Å². The second kappa shape index (κ2) is 5.23. The van der Waals surface area contributed by atoms with E-state index >= 15 is 0 Å². The number of urea groups is 1. The summed E-state index contributed by atoms with van der Waals surface area (Å²) in [5.41, 5.74) is -0.102. The Labute approximate surface area is 87.9 Å².